The van der Waals surface area contributed by atoms with E-state index < -0.39 is 0 Å². The number of carbonyl (C=O) groups excluding carboxylic acids is 1. The number of nitrogens with one attached hydrogen (secondary N) is 2. The Kier molecular flexibility index (Phi) is 6.71. The Morgan fingerprint density at radius 3 is 2.62 bits per heavy atom. The summed E-state index contributed by atoms with van der Waals surface area (Å²) < 4.78 is 22.0. The van der Waals surface area contributed by atoms with Crippen molar-refractivity contribution >= 4 is 28.7 Å². The molecule has 1 aliphatic carbocycles. The van der Waals surface area contributed by atoms with E-state index in [2.05, 4.69) is 20.2 Å². The van der Waals surface area contributed by atoms with Gasteiger partial charge in [-0.05, 0) is 56.6 Å². The van der Waals surface area contributed by atoms with Crippen molar-refractivity contribution in [2.24, 2.45) is 5.92 Å². The summed E-state index contributed by atoms with van der Waals surface area (Å²) >= 11 is 0. The van der Waals surface area contributed by atoms with E-state index in [0.717, 1.165) is 69.6 Å². The molecule has 180 valence electrons. The van der Waals surface area contributed by atoms with Gasteiger partial charge in [-0.2, -0.15) is 0 Å². The van der Waals surface area contributed by atoms with Crippen LogP contribution in [0.5, 0.6) is 0 Å². The predicted molar refractivity (Wildman–Crippen MR) is 127 cm³/mol. The number of nitrogens with zero attached hydrogens (tertiary/aromatic N) is 4. The highest BCUT2D eigenvalue weighted by Gasteiger charge is 2.28. The Morgan fingerprint density at radius 1 is 1.12 bits per heavy atom. The monoisotopic (exact) mass is 466 g/mol. The SMILES string of the molecule is CC(=O)NC1CCC(n2c(Nc3ccccc3F)nc3cnc(CC4CCOCC4)nc32)CC1. The van der Waals surface area contributed by atoms with Crippen LogP contribution in [0.15, 0.2) is 30.5 Å². The van der Waals surface area contributed by atoms with Crippen LogP contribution in [0.4, 0.5) is 16.0 Å². The number of fused-ring (bicyclic) bond motifs is 1. The molecule has 1 amide bonds. The minimum Gasteiger partial charge on any atom is -0.381 e. The van der Waals surface area contributed by atoms with Gasteiger partial charge in [0, 0.05) is 38.6 Å². The molecule has 2 aromatic heterocycles. The van der Waals surface area contributed by atoms with Crippen molar-refractivity contribution in [1.82, 2.24) is 24.8 Å². The third-order valence-electron chi connectivity index (χ3n) is 6.88. The summed E-state index contributed by atoms with van der Waals surface area (Å²) in [6.45, 7) is 3.14. The molecule has 0 spiro atoms. The standard InChI is InChI=1S/C25H31FN6O2/c1-16(33)28-18-6-8-19(9-7-18)32-24-22(30-25(32)29-21-5-3-2-4-20(21)26)15-27-23(31-24)14-17-10-12-34-13-11-17/h2-5,15,17-19H,6-14H2,1H3,(H,28,33)(H,29,30). The predicted octanol–water partition coefficient (Wildman–Crippen LogP) is 4.30. The van der Waals surface area contributed by atoms with Gasteiger partial charge in [0.25, 0.3) is 0 Å². The van der Waals surface area contributed by atoms with Crippen molar-refractivity contribution in [1.29, 1.82) is 0 Å². The topological polar surface area (TPSA) is 94.0 Å². The number of hydrogen-bond acceptors (Lipinski definition) is 6. The van der Waals surface area contributed by atoms with E-state index >= 15 is 0 Å². The summed E-state index contributed by atoms with van der Waals surface area (Å²) in [4.78, 5) is 25.8. The lowest BCUT2D eigenvalue weighted by molar-refractivity contribution is -0.119. The molecular formula is C25H31FN6O2. The van der Waals surface area contributed by atoms with Crippen LogP contribution in [-0.2, 0) is 16.0 Å². The van der Waals surface area contributed by atoms with Gasteiger partial charge in [-0.3, -0.25) is 9.36 Å². The summed E-state index contributed by atoms with van der Waals surface area (Å²) in [5, 5.41) is 6.23. The van der Waals surface area contributed by atoms with Gasteiger partial charge in [0.1, 0.15) is 17.2 Å². The average Bonchev–Trinajstić information content (AvgIpc) is 3.18. The smallest absolute Gasteiger partial charge is 0.217 e. The van der Waals surface area contributed by atoms with Crippen LogP contribution in [0.25, 0.3) is 11.2 Å². The highest BCUT2D eigenvalue weighted by Crippen LogP contribution is 2.35. The van der Waals surface area contributed by atoms with Gasteiger partial charge in [-0.15, -0.1) is 0 Å². The first kappa shape index (κ1) is 22.7. The second kappa shape index (κ2) is 10.0. The third kappa shape index (κ3) is 5.04. The average molecular weight is 467 g/mol. The number of imidazole rings is 1. The number of amides is 1. The number of carbonyl (C=O) groups is 1. The molecule has 2 aliphatic rings. The third-order valence-corrected chi connectivity index (χ3v) is 6.88. The Balaban J connectivity index is 1.47. The number of anilines is 2. The van der Waals surface area contributed by atoms with Crippen molar-refractivity contribution in [2.75, 3.05) is 18.5 Å². The molecular weight excluding hydrogens is 435 g/mol. The van der Waals surface area contributed by atoms with E-state index in [1.165, 1.54) is 6.07 Å². The number of rotatable bonds is 6. The molecule has 1 aliphatic heterocycles. The van der Waals surface area contributed by atoms with Crippen molar-refractivity contribution in [3.05, 3.63) is 42.1 Å². The Labute approximate surface area is 198 Å². The summed E-state index contributed by atoms with van der Waals surface area (Å²) in [7, 11) is 0. The van der Waals surface area contributed by atoms with Gasteiger partial charge < -0.3 is 15.4 Å². The molecule has 1 aromatic carbocycles. The van der Waals surface area contributed by atoms with E-state index in [1.807, 2.05) is 0 Å². The van der Waals surface area contributed by atoms with Gasteiger partial charge in [0.2, 0.25) is 11.9 Å². The zero-order valence-corrected chi connectivity index (χ0v) is 19.5. The molecule has 0 atom stereocenters. The first-order valence-electron chi connectivity index (χ1n) is 12.2. The van der Waals surface area contributed by atoms with Gasteiger partial charge in [0.15, 0.2) is 5.65 Å². The normalized spacial score (nSPS) is 21.5. The molecule has 3 aromatic rings. The van der Waals surface area contributed by atoms with Gasteiger partial charge in [-0.25, -0.2) is 19.3 Å². The highest BCUT2D eigenvalue weighted by molar-refractivity contribution is 5.76. The molecule has 8 nitrogen and oxygen atoms in total. The maximum absolute atomic E-state index is 14.4. The van der Waals surface area contributed by atoms with E-state index in [-0.39, 0.29) is 23.8 Å². The Morgan fingerprint density at radius 2 is 1.88 bits per heavy atom. The van der Waals surface area contributed by atoms with Crippen molar-refractivity contribution < 1.29 is 13.9 Å². The maximum Gasteiger partial charge on any atom is 0.217 e. The molecule has 2 fully saturated rings. The number of para-hydroxylation sites is 1. The molecule has 1 saturated carbocycles. The molecule has 9 heteroatoms. The lowest BCUT2D eigenvalue weighted by Crippen LogP contribution is -2.36. The minimum absolute atomic E-state index is 0.00364. The molecule has 2 N–H and O–H groups in total. The number of halogens is 1. The number of aromatic nitrogens is 4. The maximum atomic E-state index is 14.4. The summed E-state index contributed by atoms with van der Waals surface area (Å²) in [5.41, 5.74) is 1.85. The molecule has 3 heterocycles. The number of hydrogen-bond donors (Lipinski definition) is 2. The zero-order chi connectivity index (χ0) is 23.5. The van der Waals surface area contributed by atoms with Gasteiger partial charge >= 0.3 is 0 Å². The summed E-state index contributed by atoms with van der Waals surface area (Å²) in [6, 6.07) is 6.93. The molecule has 1 saturated heterocycles. The van der Waals surface area contributed by atoms with Crippen LogP contribution < -0.4 is 10.6 Å². The van der Waals surface area contributed by atoms with Crippen molar-refractivity contribution in [3.8, 4) is 0 Å². The number of ether oxygens (including phenoxy) is 1. The first-order chi connectivity index (χ1) is 16.6. The van der Waals surface area contributed by atoms with Crippen LogP contribution in [0.1, 0.15) is 57.3 Å². The molecule has 34 heavy (non-hydrogen) atoms. The van der Waals surface area contributed by atoms with Gasteiger partial charge in [0.05, 0.1) is 11.9 Å². The van der Waals surface area contributed by atoms with Crippen molar-refractivity contribution in [3.63, 3.8) is 0 Å². The molecule has 0 bridgehead atoms. The first-order valence-corrected chi connectivity index (χ1v) is 12.2. The quantitative estimate of drug-likeness (QED) is 0.563. The summed E-state index contributed by atoms with van der Waals surface area (Å²) in [5.74, 6) is 1.57. The van der Waals surface area contributed by atoms with E-state index in [0.29, 0.717) is 23.1 Å². The summed E-state index contributed by atoms with van der Waals surface area (Å²) in [6.07, 6.45) is 8.15. The molecule has 0 radical (unpaired) electrons. The Bertz CT molecular complexity index is 1150. The van der Waals surface area contributed by atoms with Crippen molar-refractivity contribution in [2.45, 2.75) is 64.0 Å². The molecule has 0 unspecified atom stereocenters. The van der Waals surface area contributed by atoms with Crippen LogP contribution in [0.3, 0.4) is 0 Å². The van der Waals surface area contributed by atoms with Crippen LogP contribution in [0, 0.1) is 11.7 Å². The van der Waals surface area contributed by atoms with E-state index in [4.69, 9.17) is 14.7 Å². The van der Waals surface area contributed by atoms with Gasteiger partial charge in [-0.1, -0.05) is 12.1 Å². The second-order valence-electron chi connectivity index (χ2n) is 9.37. The lowest BCUT2D eigenvalue weighted by Gasteiger charge is -2.30. The Hall–Kier alpha value is -3.07. The number of benzene rings is 1. The molecule has 5 rings (SSSR count). The fourth-order valence-corrected chi connectivity index (χ4v) is 5.12. The van der Waals surface area contributed by atoms with E-state index in [9.17, 15) is 9.18 Å². The lowest BCUT2D eigenvalue weighted by atomic mass is 9.91. The second-order valence-corrected chi connectivity index (χ2v) is 9.37. The zero-order valence-electron chi connectivity index (χ0n) is 19.5. The van der Waals surface area contributed by atoms with Crippen LogP contribution in [0.2, 0.25) is 0 Å². The largest absolute Gasteiger partial charge is 0.381 e. The fraction of sp³-hybridized carbons (Fsp3) is 0.520. The van der Waals surface area contributed by atoms with Crippen LogP contribution in [-0.4, -0.2) is 44.7 Å². The highest BCUT2D eigenvalue weighted by atomic mass is 19.1. The minimum atomic E-state index is -0.332. The van der Waals surface area contributed by atoms with Crippen LogP contribution >= 0.6 is 0 Å². The van der Waals surface area contributed by atoms with E-state index in [1.54, 1.807) is 31.3 Å². The fourth-order valence-electron chi connectivity index (χ4n) is 5.12.